The highest BCUT2D eigenvalue weighted by Gasteiger charge is 2.50. The smallest absolute Gasteiger partial charge is 0.224 e. The Kier molecular flexibility index (Phi) is 7.11. The van der Waals surface area contributed by atoms with E-state index >= 15 is 0 Å². The lowest BCUT2D eigenvalue weighted by Crippen LogP contribution is -2.53. The highest BCUT2D eigenvalue weighted by atomic mass is 32.2. The zero-order valence-corrected chi connectivity index (χ0v) is 19.7. The lowest BCUT2D eigenvalue weighted by molar-refractivity contribution is -0.129. The van der Waals surface area contributed by atoms with Gasteiger partial charge in [-0.2, -0.15) is 0 Å². The average molecular weight is 471 g/mol. The molecule has 1 saturated carbocycles. The molecule has 4 N–H and O–H groups in total. The number of para-hydroxylation sites is 1. The number of ether oxygens (including phenoxy) is 1. The molecule has 5 unspecified atom stereocenters. The van der Waals surface area contributed by atoms with Crippen LogP contribution in [0.3, 0.4) is 0 Å². The molecular formula is C24H30N4O4S. The van der Waals surface area contributed by atoms with Crippen LogP contribution in [0.25, 0.3) is 0 Å². The van der Waals surface area contributed by atoms with Crippen LogP contribution in [0.2, 0.25) is 0 Å². The highest BCUT2D eigenvalue weighted by molar-refractivity contribution is 8.15. The van der Waals surface area contributed by atoms with Gasteiger partial charge in [-0.25, -0.2) is 0 Å². The van der Waals surface area contributed by atoms with Gasteiger partial charge < -0.3 is 30.5 Å². The van der Waals surface area contributed by atoms with Gasteiger partial charge in [0.15, 0.2) is 5.17 Å². The molecule has 0 bridgehead atoms. The Hall–Kier alpha value is -2.75. The predicted octanol–water partition coefficient (Wildman–Crippen LogP) is 2.07. The number of carbonyl (C=O) groups excluding carboxylic acids is 1. The summed E-state index contributed by atoms with van der Waals surface area (Å²) in [5.74, 6) is 0.0635. The van der Waals surface area contributed by atoms with Crippen LogP contribution in [-0.2, 0) is 11.3 Å². The number of nitrogens with one attached hydrogen (secondary N) is 2. The summed E-state index contributed by atoms with van der Waals surface area (Å²) in [4.78, 5) is 19.7. The normalized spacial score (nSPS) is 26.2. The average Bonchev–Trinajstić information content (AvgIpc) is 3.24. The molecule has 0 saturated heterocycles. The van der Waals surface area contributed by atoms with Crippen molar-refractivity contribution in [3.63, 3.8) is 0 Å². The fourth-order valence-corrected chi connectivity index (χ4v) is 5.61. The third-order valence-electron chi connectivity index (χ3n) is 6.10. The first-order chi connectivity index (χ1) is 15.9. The Morgan fingerprint density at radius 2 is 1.91 bits per heavy atom. The van der Waals surface area contributed by atoms with Crippen molar-refractivity contribution in [2.45, 2.75) is 36.5 Å². The third kappa shape index (κ3) is 5.10. The summed E-state index contributed by atoms with van der Waals surface area (Å²) in [6.45, 7) is 0.324. The number of rotatable bonds is 6. The van der Waals surface area contributed by atoms with Crippen molar-refractivity contribution < 1.29 is 19.7 Å². The number of thioether (sulfide) groups is 1. The van der Waals surface area contributed by atoms with E-state index in [9.17, 15) is 15.0 Å². The molecule has 2 aromatic rings. The molecular weight excluding hydrogens is 440 g/mol. The number of hydrogen-bond acceptors (Lipinski definition) is 8. The van der Waals surface area contributed by atoms with Crippen molar-refractivity contribution in [1.82, 2.24) is 5.32 Å². The monoisotopic (exact) mass is 470 g/mol. The van der Waals surface area contributed by atoms with Gasteiger partial charge in [-0.1, -0.05) is 30.0 Å². The fraction of sp³-hybridized carbons (Fsp3) is 0.417. The van der Waals surface area contributed by atoms with Gasteiger partial charge in [0, 0.05) is 42.8 Å². The quantitative estimate of drug-likeness (QED) is 0.512. The number of anilines is 2. The molecule has 176 valence electrons. The number of nitrogens with zero attached hydrogens (tertiary/aromatic N) is 2. The molecule has 0 spiro atoms. The number of carbonyl (C=O) groups is 1. The topological polar surface area (TPSA) is 106 Å². The highest BCUT2D eigenvalue weighted by Crippen LogP contribution is 2.41. The molecule has 2 aromatic carbocycles. The number of aliphatic imine (C=N–C) groups is 1. The van der Waals surface area contributed by atoms with Gasteiger partial charge >= 0.3 is 0 Å². The molecule has 33 heavy (non-hydrogen) atoms. The Morgan fingerprint density at radius 1 is 1.18 bits per heavy atom. The van der Waals surface area contributed by atoms with Crippen LogP contribution in [0.4, 0.5) is 11.4 Å². The van der Waals surface area contributed by atoms with Crippen LogP contribution < -0.4 is 20.3 Å². The van der Waals surface area contributed by atoms with Crippen LogP contribution in [-0.4, -0.2) is 66.0 Å². The van der Waals surface area contributed by atoms with Crippen LogP contribution >= 0.6 is 11.8 Å². The van der Waals surface area contributed by atoms with Crippen LogP contribution in [0.5, 0.6) is 5.75 Å². The minimum Gasteiger partial charge on any atom is -0.496 e. The third-order valence-corrected chi connectivity index (χ3v) is 7.41. The summed E-state index contributed by atoms with van der Waals surface area (Å²) in [6, 6.07) is 14.9. The van der Waals surface area contributed by atoms with Crippen molar-refractivity contribution in [2.75, 3.05) is 31.4 Å². The molecule has 0 radical (unpaired) electrons. The standard InChI is InChI=1S/C24H30N4O4S/c1-28(2)16-10-8-15(9-11-16)26-24-27-20-21(30)18(29)12-17(22(20)33-24)23(31)25-13-14-6-4-5-7-19(14)32-3/h4-11,17-18,20-22,29-30H,12-13H2,1-3H3,(H,25,31)(H,26,27). The first kappa shape index (κ1) is 23.4. The van der Waals surface area contributed by atoms with Gasteiger partial charge in [-0.15, -0.1) is 0 Å². The largest absolute Gasteiger partial charge is 0.496 e. The SMILES string of the molecule is COc1ccccc1CNC(=O)C1CC(O)C(O)C2N=C(Nc3ccc(N(C)C)cc3)SC12. The molecule has 1 heterocycles. The first-order valence-corrected chi connectivity index (χ1v) is 11.8. The number of benzene rings is 2. The van der Waals surface area contributed by atoms with Crippen molar-refractivity contribution in [3.8, 4) is 5.75 Å². The molecule has 0 aromatic heterocycles. The van der Waals surface area contributed by atoms with E-state index in [2.05, 4.69) is 15.6 Å². The first-order valence-electron chi connectivity index (χ1n) is 10.9. The number of hydrogen-bond donors (Lipinski definition) is 4. The molecule has 1 fully saturated rings. The molecule has 1 aliphatic heterocycles. The number of fused-ring (bicyclic) bond motifs is 1. The molecule has 1 amide bonds. The maximum Gasteiger partial charge on any atom is 0.224 e. The van der Waals surface area contributed by atoms with Crippen LogP contribution in [0, 0.1) is 5.92 Å². The molecule has 8 nitrogen and oxygen atoms in total. The minimum absolute atomic E-state index is 0.166. The number of aliphatic hydroxyl groups excluding tert-OH is 2. The second kappa shape index (κ2) is 10.0. The summed E-state index contributed by atoms with van der Waals surface area (Å²) >= 11 is 1.44. The summed E-state index contributed by atoms with van der Waals surface area (Å²) in [6.07, 6.45) is -1.82. The number of methoxy groups -OCH3 is 1. The molecule has 4 rings (SSSR count). The number of amides is 1. The van der Waals surface area contributed by atoms with E-state index in [4.69, 9.17) is 4.74 Å². The Bertz CT molecular complexity index is 1010. The van der Waals surface area contributed by atoms with E-state index in [0.29, 0.717) is 17.5 Å². The lowest BCUT2D eigenvalue weighted by Gasteiger charge is -2.37. The summed E-state index contributed by atoms with van der Waals surface area (Å²) in [7, 11) is 5.56. The Morgan fingerprint density at radius 3 is 2.61 bits per heavy atom. The molecule has 9 heteroatoms. The van der Waals surface area contributed by atoms with Crippen LogP contribution in [0.15, 0.2) is 53.5 Å². The summed E-state index contributed by atoms with van der Waals surface area (Å²) in [5.41, 5.74) is 2.83. The van der Waals surface area contributed by atoms with Gasteiger partial charge in [-0.05, 0) is 36.8 Å². The van der Waals surface area contributed by atoms with E-state index in [1.54, 1.807) is 7.11 Å². The summed E-state index contributed by atoms with van der Waals surface area (Å²) < 4.78 is 5.36. The molecule has 1 aliphatic carbocycles. The van der Waals surface area contributed by atoms with Gasteiger partial charge in [0.2, 0.25) is 5.91 Å². The number of aliphatic hydroxyl groups is 2. The second-order valence-electron chi connectivity index (χ2n) is 8.50. The van der Waals surface area contributed by atoms with Crippen molar-refractivity contribution in [2.24, 2.45) is 10.9 Å². The van der Waals surface area contributed by atoms with Crippen molar-refractivity contribution >= 4 is 34.2 Å². The zero-order valence-electron chi connectivity index (χ0n) is 18.9. The van der Waals surface area contributed by atoms with E-state index in [1.807, 2.05) is 67.5 Å². The Labute approximate surface area is 198 Å². The van der Waals surface area contributed by atoms with Crippen molar-refractivity contribution in [1.29, 1.82) is 0 Å². The maximum absolute atomic E-state index is 13.1. The van der Waals surface area contributed by atoms with E-state index in [0.717, 1.165) is 16.9 Å². The fourth-order valence-electron chi connectivity index (χ4n) is 4.24. The van der Waals surface area contributed by atoms with Gasteiger partial charge in [-0.3, -0.25) is 9.79 Å². The molecule has 2 aliphatic rings. The van der Waals surface area contributed by atoms with Gasteiger partial charge in [0.25, 0.3) is 0 Å². The lowest BCUT2D eigenvalue weighted by atomic mass is 9.81. The summed E-state index contributed by atoms with van der Waals surface area (Å²) in [5, 5.41) is 27.6. The zero-order chi connectivity index (χ0) is 23.5. The van der Waals surface area contributed by atoms with E-state index < -0.39 is 24.2 Å². The van der Waals surface area contributed by atoms with Crippen molar-refractivity contribution in [3.05, 3.63) is 54.1 Å². The predicted molar refractivity (Wildman–Crippen MR) is 132 cm³/mol. The second-order valence-corrected chi connectivity index (χ2v) is 9.67. The van der Waals surface area contributed by atoms with E-state index in [1.165, 1.54) is 11.8 Å². The van der Waals surface area contributed by atoms with Gasteiger partial charge in [0.05, 0.1) is 25.2 Å². The molecule has 5 atom stereocenters. The Balaban J connectivity index is 1.44. The van der Waals surface area contributed by atoms with Crippen LogP contribution in [0.1, 0.15) is 12.0 Å². The minimum atomic E-state index is -1.00. The van der Waals surface area contributed by atoms with E-state index in [-0.39, 0.29) is 17.6 Å². The number of amidine groups is 1. The van der Waals surface area contributed by atoms with Gasteiger partial charge in [0.1, 0.15) is 11.9 Å². The maximum atomic E-state index is 13.1.